The molecule has 0 aliphatic carbocycles. The Balaban J connectivity index is 1.89. The van der Waals surface area contributed by atoms with Gasteiger partial charge in [-0.3, -0.25) is 4.79 Å². The standard InChI is InChI=1S/C25H28N4O2/c1-17(2)13-15-31-20-12-14-28-22(16-20)24(25(27-28)19-8-6-5-7-9-19)21-10-11-23(30)29(26-21)18(3)4/h5-12,14,16-18H,13,15H2,1-4H3. The van der Waals surface area contributed by atoms with Gasteiger partial charge in [-0.05, 0) is 38.3 Å². The van der Waals surface area contributed by atoms with Crippen molar-refractivity contribution in [1.29, 1.82) is 0 Å². The van der Waals surface area contributed by atoms with Crippen LogP contribution >= 0.6 is 0 Å². The van der Waals surface area contributed by atoms with Crippen LogP contribution in [-0.2, 0) is 0 Å². The summed E-state index contributed by atoms with van der Waals surface area (Å²) in [5.41, 5.74) is 4.18. The van der Waals surface area contributed by atoms with Crippen LogP contribution in [0.3, 0.4) is 0 Å². The van der Waals surface area contributed by atoms with Crippen LogP contribution in [0.5, 0.6) is 5.75 Å². The average molecular weight is 417 g/mol. The number of rotatable bonds is 7. The van der Waals surface area contributed by atoms with E-state index in [2.05, 4.69) is 18.9 Å². The van der Waals surface area contributed by atoms with Gasteiger partial charge in [-0.15, -0.1) is 0 Å². The molecule has 0 saturated carbocycles. The molecule has 0 N–H and O–H groups in total. The molecule has 0 spiro atoms. The minimum Gasteiger partial charge on any atom is -0.493 e. The van der Waals surface area contributed by atoms with Crippen molar-refractivity contribution in [2.24, 2.45) is 5.92 Å². The molecular weight excluding hydrogens is 388 g/mol. The summed E-state index contributed by atoms with van der Waals surface area (Å²) < 4.78 is 9.35. The maximum Gasteiger partial charge on any atom is 0.267 e. The maximum absolute atomic E-state index is 12.3. The van der Waals surface area contributed by atoms with E-state index in [1.54, 1.807) is 12.1 Å². The van der Waals surface area contributed by atoms with Crippen molar-refractivity contribution < 1.29 is 4.74 Å². The van der Waals surface area contributed by atoms with Gasteiger partial charge in [0.25, 0.3) is 5.56 Å². The Morgan fingerprint density at radius 1 is 0.968 bits per heavy atom. The van der Waals surface area contributed by atoms with Gasteiger partial charge < -0.3 is 4.74 Å². The zero-order valence-electron chi connectivity index (χ0n) is 18.4. The van der Waals surface area contributed by atoms with Crippen LogP contribution < -0.4 is 10.3 Å². The summed E-state index contributed by atoms with van der Waals surface area (Å²) in [4.78, 5) is 12.3. The van der Waals surface area contributed by atoms with Gasteiger partial charge >= 0.3 is 0 Å². The molecular formula is C25H28N4O2. The second-order valence-corrected chi connectivity index (χ2v) is 8.41. The first-order valence-corrected chi connectivity index (χ1v) is 10.7. The molecule has 1 aromatic carbocycles. The number of nitrogens with zero attached hydrogens (tertiary/aromatic N) is 4. The van der Waals surface area contributed by atoms with Gasteiger partial charge in [0.1, 0.15) is 11.4 Å². The molecule has 0 atom stereocenters. The minimum absolute atomic E-state index is 0.0376. The number of fused-ring (bicyclic) bond motifs is 1. The van der Waals surface area contributed by atoms with E-state index in [4.69, 9.17) is 9.84 Å². The molecule has 4 aromatic rings. The largest absolute Gasteiger partial charge is 0.493 e. The van der Waals surface area contributed by atoms with Crippen molar-refractivity contribution in [2.45, 2.75) is 40.2 Å². The van der Waals surface area contributed by atoms with Crippen molar-refractivity contribution in [3.05, 3.63) is 71.1 Å². The third-order valence-electron chi connectivity index (χ3n) is 5.19. The molecule has 0 bridgehead atoms. The van der Waals surface area contributed by atoms with Crippen LogP contribution in [-0.4, -0.2) is 26.0 Å². The first-order chi connectivity index (χ1) is 14.9. The van der Waals surface area contributed by atoms with Crippen molar-refractivity contribution >= 4 is 5.52 Å². The third kappa shape index (κ3) is 4.38. The van der Waals surface area contributed by atoms with Gasteiger partial charge in [0, 0.05) is 23.9 Å². The van der Waals surface area contributed by atoms with Crippen molar-refractivity contribution in [1.82, 2.24) is 19.4 Å². The van der Waals surface area contributed by atoms with E-state index in [1.807, 2.05) is 67.0 Å². The van der Waals surface area contributed by atoms with Gasteiger partial charge in [0.15, 0.2) is 0 Å². The molecule has 3 heterocycles. The van der Waals surface area contributed by atoms with Gasteiger partial charge in [0.2, 0.25) is 0 Å². The number of aromatic nitrogens is 4. The lowest BCUT2D eigenvalue weighted by Gasteiger charge is -2.11. The van der Waals surface area contributed by atoms with Crippen molar-refractivity contribution in [3.8, 4) is 28.3 Å². The Morgan fingerprint density at radius 2 is 1.74 bits per heavy atom. The van der Waals surface area contributed by atoms with E-state index in [9.17, 15) is 4.79 Å². The zero-order valence-corrected chi connectivity index (χ0v) is 18.4. The second-order valence-electron chi connectivity index (χ2n) is 8.41. The topological polar surface area (TPSA) is 61.4 Å². The average Bonchev–Trinajstić information content (AvgIpc) is 3.13. The lowest BCUT2D eigenvalue weighted by atomic mass is 10.0. The Bertz CT molecular complexity index is 1240. The fourth-order valence-corrected chi connectivity index (χ4v) is 3.51. The minimum atomic E-state index is -0.116. The molecule has 160 valence electrons. The first-order valence-electron chi connectivity index (χ1n) is 10.7. The highest BCUT2D eigenvalue weighted by molar-refractivity contribution is 5.91. The van der Waals surface area contributed by atoms with Crippen LogP contribution in [0.4, 0.5) is 0 Å². The maximum atomic E-state index is 12.3. The number of hydrogen-bond donors (Lipinski definition) is 0. The monoisotopic (exact) mass is 416 g/mol. The lowest BCUT2D eigenvalue weighted by Crippen LogP contribution is -2.23. The first kappa shape index (κ1) is 20.8. The van der Waals surface area contributed by atoms with Gasteiger partial charge in [-0.1, -0.05) is 44.2 Å². The van der Waals surface area contributed by atoms with E-state index < -0.39 is 0 Å². The van der Waals surface area contributed by atoms with Crippen LogP contribution in [0.15, 0.2) is 65.6 Å². The second kappa shape index (κ2) is 8.76. The summed E-state index contributed by atoms with van der Waals surface area (Å²) >= 11 is 0. The Morgan fingerprint density at radius 3 is 2.45 bits per heavy atom. The van der Waals surface area contributed by atoms with Crippen LogP contribution in [0.25, 0.3) is 28.0 Å². The Labute approximate surface area is 182 Å². The molecule has 3 aromatic heterocycles. The Kier molecular flexibility index (Phi) is 5.89. The molecule has 4 rings (SSSR count). The third-order valence-corrected chi connectivity index (χ3v) is 5.19. The predicted molar refractivity (Wildman–Crippen MR) is 123 cm³/mol. The number of benzene rings is 1. The van der Waals surface area contributed by atoms with Gasteiger partial charge in [0.05, 0.1) is 29.4 Å². The number of ether oxygens (including phenoxy) is 1. The molecule has 6 nitrogen and oxygen atoms in total. The summed E-state index contributed by atoms with van der Waals surface area (Å²) in [6.45, 7) is 8.94. The van der Waals surface area contributed by atoms with E-state index in [-0.39, 0.29) is 11.6 Å². The molecule has 0 saturated heterocycles. The molecule has 0 amide bonds. The lowest BCUT2D eigenvalue weighted by molar-refractivity contribution is 0.289. The molecule has 0 aliphatic rings. The van der Waals surface area contributed by atoms with Crippen LogP contribution in [0.1, 0.15) is 40.2 Å². The number of pyridine rings is 1. The van der Waals surface area contributed by atoms with E-state index in [1.165, 1.54) is 4.68 Å². The molecule has 0 fully saturated rings. The quantitative estimate of drug-likeness (QED) is 0.414. The summed E-state index contributed by atoms with van der Waals surface area (Å²) in [5, 5.41) is 9.52. The summed E-state index contributed by atoms with van der Waals surface area (Å²) in [7, 11) is 0. The molecule has 31 heavy (non-hydrogen) atoms. The molecule has 6 heteroatoms. The fourth-order valence-electron chi connectivity index (χ4n) is 3.51. The van der Waals surface area contributed by atoms with Crippen LogP contribution in [0, 0.1) is 5.92 Å². The molecule has 0 unspecified atom stereocenters. The summed E-state index contributed by atoms with van der Waals surface area (Å²) in [6.07, 6.45) is 2.90. The molecule has 0 radical (unpaired) electrons. The fraction of sp³-hybridized carbons (Fsp3) is 0.320. The Hall–Kier alpha value is -3.41. The SMILES string of the molecule is CC(C)CCOc1ccn2nc(-c3ccccc3)c(-c3ccc(=O)n(C(C)C)n3)c2c1. The van der Waals surface area contributed by atoms with Crippen molar-refractivity contribution in [3.63, 3.8) is 0 Å². The van der Waals surface area contributed by atoms with E-state index in [0.717, 1.165) is 34.5 Å². The van der Waals surface area contributed by atoms with Crippen LogP contribution in [0.2, 0.25) is 0 Å². The predicted octanol–water partition coefficient (Wildman–Crippen LogP) is 5.23. The highest BCUT2D eigenvalue weighted by atomic mass is 16.5. The highest BCUT2D eigenvalue weighted by Crippen LogP contribution is 2.35. The zero-order chi connectivity index (χ0) is 22.0. The van der Waals surface area contributed by atoms with E-state index in [0.29, 0.717) is 18.2 Å². The van der Waals surface area contributed by atoms with Gasteiger partial charge in [-0.2, -0.15) is 10.2 Å². The van der Waals surface area contributed by atoms with Gasteiger partial charge in [-0.25, -0.2) is 9.20 Å². The number of hydrogen-bond acceptors (Lipinski definition) is 4. The normalized spacial score (nSPS) is 11.5. The molecule has 0 aliphatic heterocycles. The van der Waals surface area contributed by atoms with Crippen molar-refractivity contribution in [2.75, 3.05) is 6.61 Å². The smallest absolute Gasteiger partial charge is 0.267 e. The highest BCUT2D eigenvalue weighted by Gasteiger charge is 2.19. The summed E-state index contributed by atoms with van der Waals surface area (Å²) in [6, 6.07) is 17.3. The van der Waals surface area contributed by atoms with E-state index >= 15 is 0 Å². The summed E-state index contributed by atoms with van der Waals surface area (Å²) in [5.74, 6) is 1.38.